The van der Waals surface area contributed by atoms with Gasteiger partial charge >= 0.3 is 0 Å². The van der Waals surface area contributed by atoms with E-state index in [1.54, 1.807) is 0 Å². The molecule has 0 aromatic carbocycles. The molecule has 2 aromatic heterocycles. The van der Waals surface area contributed by atoms with E-state index in [-0.39, 0.29) is 22.3 Å². The lowest BCUT2D eigenvalue weighted by Crippen LogP contribution is -2.24. The molecule has 2 aromatic rings. The first-order valence-electron chi connectivity index (χ1n) is 6.91. The number of pyridine rings is 1. The summed E-state index contributed by atoms with van der Waals surface area (Å²) in [6.45, 7) is 1.04. The monoisotopic (exact) mass is 341 g/mol. The summed E-state index contributed by atoms with van der Waals surface area (Å²) >= 11 is 5.78. The average molecular weight is 342 g/mol. The van der Waals surface area contributed by atoms with Crippen LogP contribution in [0.1, 0.15) is 24.4 Å². The molecule has 118 valence electrons. The number of nitrogens with zero attached hydrogens (tertiary/aromatic N) is 3. The number of hydrogen-bond donors (Lipinski definition) is 2. The standard InChI is InChI=1S/C13H16ClN5O2S/c14-9-5-11(13(15)16-6-9)22(20,21)17-7-10-8-19-4-2-1-3-12(19)18-10/h5-6,8,17H,1-4,7H2,(H2,15,16). The van der Waals surface area contributed by atoms with Crippen molar-refractivity contribution in [1.82, 2.24) is 19.3 Å². The molecule has 9 heteroatoms. The lowest BCUT2D eigenvalue weighted by Gasteiger charge is -2.11. The zero-order valence-electron chi connectivity index (χ0n) is 11.8. The van der Waals surface area contributed by atoms with Crippen molar-refractivity contribution >= 4 is 27.4 Å². The van der Waals surface area contributed by atoms with E-state index in [9.17, 15) is 8.42 Å². The Kier molecular flexibility index (Phi) is 4.07. The van der Waals surface area contributed by atoms with Crippen molar-refractivity contribution in [2.45, 2.75) is 37.2 Å². The van der Waals surface area contributed by atoms with Crippen LogP contribution < -0.4 is 10.5 Å². The minimum Gasteiger partial charge on any atom is -0.383 e. The van der Waals surface area contributed by atoms with Gasteiger partial charge in [-0.05, 0) is 18.9 Å². The normalized spacial score (nSPS) is 14.8. The van der Waals surface area contributed by atoms with E-state index in [2.05, 4.69) is 19.3 Å². The van der Waals surface area contributed by atoms with E-state index in [4.69, 9.17) is 17.3 Å². The molecule has 3 heterocycles. The van der Waals surface area contributed by atoms with Crippen LogP contribution in [0.25, 0.3) is 0 Å². The smallest absolute Gasteiger partial charge is 0.244 e. The number of nitrogen functional groups attached to an aromatic ring is 1. The van der Waals surface area contributed by atoms with Crippen molar-refractivity contribution in [2.24, 2.45) is 0 Å². The molecule has 0 spiro atoms. The summed E-state index contributed by atoms with van der Waals surface area (Å²) in [7, 11) is -3.78. The topological polar surface area (TPSA) is 103 Å². The maximum Gasteiger partial charge on any atom is 0.244 e. The second-order valence-corrected chi connectivity index (χ2v) is 7.33. The van der Waals surface area contributed by atoms with Crippen LogP contribution in [0.4, 0.5) is 5.82 Å². The first kappa shape index (κ1) is 15.3. The predicted molar refractivity (Wildman–Crippen MR) is 82.8 cm³/mol. The minimum atomic E-state index is -3.78. The number of halogens is 1. The molecule has 0 radical (unpaired) electrons. The van der Waals surface area contributed by atoms with Crippen LogP contribution in [0.15, 0.2) is 23.4 Å². The molecule has 1 aliphatic rings. The molecular weight excluding hydrogens is 326 g/mol. The molecule has 0 unspecified atom stereocenters. The summed E-state index contributed by atoms with van der Waals surface area (Å²) in [5, 5.41) is 0.215. The first-order valence-corrected chi connectivity index (χ1v) is 8.77. The predicted octanol–water partition coefficient (Wildman–Crippen LogP) is 1.33. The molecule has 7 nitrogen and oxygen atoms in total. The van der Waals surface area contributed by atoms with Gasteiger partial charge in [-0.3, -0.25) is 0 Å². The third-order valence-electron chi connectivity index (χ3n) is 3.54. The molecule has 0 atom stereocenters. The molecule has 0 amide bonds. The van der Waals surface area contributed by atoms with E-state index >= 15 is 0 Å². The van der Waals surface area contributed by atoms with Gasteiger partial charge < -0.3 is 10.3 Å². The van der Waals surface area contributed by atoms with Crippen molar-refractivity contribution in [3.63, 3.8) is 0 Å². The number of nitrogens with two attached hydrogens (primary N) is 1. The molecular formula is C13H16ClN5O2S. The number of fused-ring (bicyclic) bond motifs is 1. The van der Waals surface area contributed by atoms with E-state index in [1.165, 1.54) is 12.3 Å². The maximum atomic E-state index is 12.3. The highest BCUT2D eigenvalue weighted by atomic mass is 35.5. The molecule has 3 N–H and O–H groups in total. The largest absolute Gasteiger partial charge is 0.383 e. The van der Waals surface area contributed by atoms with Crippen molar-refractivity contribution in [3.8, 4) is 0 Å². The van der Waals surface area contributed by atoms with Crippen LogP contribution in [-0.4, -0.2) is 23.0 Å². The molecule has 1 aliphatic heterocycles. The van der Waals surface area contributed by atoms with Crippen molar-refractivity contribution in [3.05, 3.63) is 35.0 Å². The van der Waals surface area contributed by atoms with Gasteiger partial charge in [0.2, 0.25) is 10.0 Å². The van der Waals surface area contributed by atoms with Crippen LogP contribution in [0.3, 0.4) is 0 Å². The zero-order valence-corrected chi connectivity index (χ0v) is 13.4. The third kappa shape index (κ3) is 3.08. The highest BCUT2D eigenvalue weighted by Crippen LogP contribution is 2.20. The molecule has 0 aliphatic carbocycles. The molecule has 0 saturated heterocycles. The SMILES string of the molecule is Nc1ncc(Cl)cc1S(=O)(=O)NCc1cn2c(n1)CCCC2. The highest BCUT2D eigenvalue weighted by molar-refractivity contribution is 7.89. The summed E-state index contributed by atoms with van der Waals surface area (Å²) < 4.78 is 29.2. The number of sulfonamides is 1. The summed E-state index contributed by atoms with van der Waals surface area (Å²) in [4.78, 5) is 8.09. The van der Waals surface area contributed by atoms with Crippen LogP contribution in [0, 0.1) is 0 Å². The Morgan fingerprint density at radius 1 is 1.41 bits per heavy atom. The Bertz CT molecular complexity index is 779. The van der Waals surface area contributed by atoms with E-state index in [0.29, 0.717) is 5.69 Å². The number of aromatic nitrogens is 3. The Balaban J connectivity index is 1.77. The van der Waals surface area contributed by atoms with Gasteiger partial charge in [-0.2, -0.15) is 0 Å². The summed E-state index contributed by atoms with van der Waals surface area (Å²) in [5.74, 6) is 0.922. The fourth-order valence-electron chi connectivity index (χ4n) is 2.45. The van der Waals surface area contributed by atoms with E-state index < -0.39 is 10.0 Å². The maximum absolute atomic E-state index is 12.3. The van der Waals surface area contributed by atoms with E-state index in [1.807, 2.05) is 6.20 Å². The number of rotatable bonds is 4. The number of imidazole rings is 1. The molecule has 0 fully saturated rings. The first-order chi connectivity index (χ1) is 10.5. The van der Waals surface area contributed by atoms with Crippen molar-refractivity contribution in [1.29, 1.82) is 0 Å². The van der Waals surface area contributed by atoms with Gasteiger partial charge in [-0.25, -0.2) is 23.1 Å². The quantitative estimate of drug-likeness (QED) is 0.873. The summed E-state index contributed by atoms with van der Waals surface area (Å²) in [6, 6.07) is 1.28. The lowest BCUT2D eigenvalue weighted by atomic mass is 10.2. The van der Waals surface area contributed by atoms with Gasteiger partial charge in [-0.15, -0.1) is 0 Å². The van der Waals surface area contributed by atoms with Gasteiger partial charge in [0.05, 0.1) is 17.3 Å². The highest BCUT2D eigenvalue weighted by Gasteiger charge is 2.20. The molecule has 22 heavy (non-hydrogen) atoms. The number of anilines is 1. The van der Waals surface area contributed by atoms with Gasteiger partial charge in [0.15, 0.2) is 0 Å². The average Bonchev–Trinajstić information content (AvgIpc) is 2.90. The second-order valence-electron chi connectivity index (χ2n) is 5.16. The number of nitrogens with one attached hydrogen (secondary N) is 1. The Hall–Kier alpha value is -1.64. The van der Waals surface area contributed by atoms with Gasteiger partial charge in [0.1, 0.15) is 16.5 Å². The Morgan fingerprint density at radius 2 is 2.23 bits per heavy atom. The molecule has 0 bridgehead atoms. The minimum absolute atomic E-state index is 0.0824. The fraction of sp³-hybridized carbons (Fsp3) is 0.385. The van der Waals surface area contributed by atoms with Gasteiger partial charge in [0.25, 0.3) is 0 Å². The zero-order chi connectivity index (χ0) is 15.7. The number of aryl methyl sites for hydroxylation is 2. The van der Waals surface area contributed by atoms with Crippen LogP contribution in [0.5, 0.6) is 0 Å². The third-order valence-corrected chi connectivity index (χ3v) is 5.18. The summed E-state index contributed by atoms with van der Waals surface area (Å²) in [6.07, 6.45) is 6.36. The van der Waals surface area contributed by atoms with Crippen LogP contribution in [-0.2, 0) is 29.5 Å². The van der Waals surface area contributed by atoms with E-state index in [0.717, 1.165) is 31.6 Å². The molecule has 0 saturated carbocycles. The Labute approximate surface area is 133 Å². The second kappa shape index (κ2) is 5.86. The summed E-state index contributed by atoms with van der Waals surface area (Å²) in [5.41, 5.74) is 6.30. The lowest BCUT2D eigenvalue weighted by molar-refractivity contribution is 0.522. The fourth-order valence-corrected chi connectivity index (χ4v) is 3.78. The van der Waals surface area contributed by atoms with Gasteiger partial charge in [0, 0.05) is 25.4 Å². The van der Waals surface area contributed by atoms with Crippen LogP contribution >= 0.6 is 11.6 Å². The van der Waals surface area contributed by atoms with Crippen LogP contribution in [0.2, 0.25) is 5.02 Å². The Morgan fingerprint density at radius 3 is 3.00 bits per heavy atom. The van der Waals surface area contributed by atoms with Crippen molar-refractivity contribution in [2.75, 3.05) is 5.73 Å². The number of hydrogen-bond acceptors (Lipinski definition) is 5. The molecule has 3 rings (SSSR count). The van der Waals surface area contributed by atoms with Gasteiger partial charge in [-0.1, -0.05) is 11.6 Å². The van der Waals surface area contributed by atoms with Crippen molar-refractivity contribution < 1.29 is 8.42 Å².